The van der Waals surface area contributed by atoms with E-state index in [-0.39, 0.29) is 5.56 Å². The average Bonchev–Trinajstić information content (AvgIpc) is 2.58. The van der Waals surface area contributed by atoms with Crippen molar-refractivity contribution in [3.63, 3.8) is 0 Å². The molecule has 0 aliphatic carbocycles. The largest absolute Gasteiger partial charge is 0.493 e. The van der Waals surface area contributed by atoms with Crippen LogP contribution >= 0.6 is 0 Å². The lowest BCUT2D eigenvalue weighted by atomic mass is 10.1. The van der Waals surface area contributed by atoms with Gasteiger partial charge in [-0.2, -0.15) is 0 Å². The number of fused-ring (bicyclic) bond motifs is 1. The summed E-state index contributed by atoms with van der Waals surface area (Å²) in [7, 11) is 3.18. The lowest BCUT2D eigenvalue weighted by molar-refractivity contribution is 0.354. The highest BCUT2D eigenvalue weighted by atomic mass is 16.5. The van der Waals surface area contributed by atoms with Crippen LogP contribution in [-0.2, 0) is 6.54 Å². The van der Waals surface area contributed by atoms with Gasteiger partial charge < -0.3 is 9.47 Å². The molecular weight excluding hydrogens is 294 g/mol. The molecule has 1 aromatic heterocycles. The molecule has 0 N–H and O–H groups in total. The van der Waals surface area contributed by atoms with Crippen LogP contribution in [0.1, 0.15) is 11.1 Å². The molecule has 0 aliphatic rings. The van der Waals surface area contributed by atoms with Gasteiger partial charge in [-0.1, -0.05) is 17.3 Å². The molecule has 0 atom stereocenters. The minimum absolute atomic E-state index is 0.162. The van der Waals surface area contributed by atoms with Gasteiger partial charge in [0, 0.05) is 0 Å². The molecule has 2 aromatic carbocycles. The number of aryl methyl sites for hydroxylation is 1. The van der Waals surface area contributed by atoms with Crippen molar-refractivity contribution in [1.29, 1.82) is 0 Å². The van der Waals surface area contributed by atoms with E-state index in [0.717, 1.165) is 11.1 Å². The summed E-state index contributed by atoms with van der Waals surface area (Å²) in [6.45, 7) is 2.28. The Hall–Kier alpha value is -2.89. The summed E-state index contributed by atoms with van der Waals surface area (Å²) in [6, 6.07) is 10.9. The fourth-order valence-electron chi connectivity index (χ4n) is 2.48. The van der Waals surface area contributed by atoms with Crippen molar-refractivity contribution in [1.82, 2.24) is 15.0 Å². The number of hydrogen-bond acceptors (Lipinski definition) is 5. The molecule has 118 valence electrons. The molecule has 0 amide bonds. The van der Waals surface area contributed by atoms with Crippen LogP contribution in [-0.4, -0.2) is 29.2 Å². The normalized spacial score (nSPS) is 10.7. The van der Waals surface area contributed by atoms with E-state index >= 15 is 0 Å². The van der Waals surface area contributed by atoms with E-state index in [1.165, 1.54) is 4.68 Å². The predicted molar refractivity (Wildman–Crippen MR) is 87.2 cm³/mol. The van der Waals surface area contributed by atoms with Gasteiger partial charge >= 0.3 is 0 Å². The molecule has 3 rings (SSSR count). The Kier molecular flexibility index (Phi) is 3.97. The third-order valence-electron chi connectivity index (χ3n) is 3.79. The lowest BCUT2D eigenvalue weighted by Gasteiger charge is -2.13. The van der Waals surface area contributed by atoms with Gasteiger partial charge in [0.25, 0.3) is 5.56 Å². The fourth-order valence-corrected chi connectivity index (χ4v) is 2.48. The molecule has 0 fully saturated rings. The second kappa shape index (κ2) is 6.08. The number of methoxy groups -OCH3 is 2. The fraction of sp³-hybridized carbons (Fsp3) is 0.235. The summed E-state index contributed by atoms with van der Waals surface area (Å²) in [6.07, 6.45) is 0. The van der Waals surface area contributed by atoms with Crippen LogP contribution in [0.5, 0.6) is 11.5 Å². The summed E-state index contributed by atoms with van der Waals surface area (Å²) in [5.74, 6) is 1.28. The van der Waals surface area contributed by atoms with Gasteiger partial charge in [0.15, 0.2) is 11.5 Å². The third-order valence-corrected chi connectivity index (χ3v) is 3.79. The molecule has 3 aromatic rings. The molecule has 0 bridgehead atoms. The summed E-state index contributed by atoms with van der Waals surface area (Å²) in [5, 5.41) is 8.68. The zero-order valence-electron chi connectivity index (χ0n) is 13.2. The van der Waals surface area contributed by atoms with Crippen molar-refractivity contribution in [2.24, 2.45) is 0 Å². The number of aromatic nitrogens is 3. The van der Waals surface area contributed by atoms with E-state index in [1.54, 1.807) is 26.4 Å². The van der Waals surface area contributed by atoms with Gasteiger partial charge in [0.1, 0.15) is 5.52 Å². The molecule has 6 heteroatoms. The first-order valence-corrected chi connectivity index (χ1v) is 7.18. The Morgan fingerprint density at radius 3 is 2.52 bits per heavy atom. The lowest BCUT2D eigenvalue weighted by Crippen LogP contribution is -2.25. The molecule has 6 nitrogen and oxygen atoms in total. The van der Waals surface area contributed by atoms with Gasteiger partial charge in [-0.05, 0) is 42.3 Å². The Morgan fingerprint density at radius 2 is 1.78 bits per heavy atom. The molecule has 0 unspecified atom stereocenters. The van der Waals surface area contributed by atoms with Crippen molar-refractivity contribution in [3.05, 3.63) is 57.9 Å². The minimum Gasteiger partial charge on any atom is -0.493 e. The van der Waals surface area contributed by atoms with Gasteiger partial charge in [-0.3, -0.25) is 4.79 Å². The molecule has 0 aliphatic heterocycles. The van der Waals surface area contributed by atoms with Gasteiger partial charge in [0.05, 0.1) is 26.2 Å². The van der Waals surface area contributed by atoms with Gasteiger partial charge in [-0.15, -0.1) is 5.10 Å². The van der Waals surface area contributed by atoms with Gasteiger partial charge in [-0.25, -0.2) is 4.68 Å². The average molecular weight is 311 g/mol. The monoisotopic (exact) mass is 311 g/mol. The molecule has 1 heterocycles. The van der Waals surface area contributed by atoms with Crippen LogP contribution in [0.15, 0.2) is 41.2 Å². The first-order chi connectivity index (χ1) is 11.1. The van der Waals surface area contributed by atoms with Gasteiger partial charge in [0.2, 0.25) is 0 Å². The number of rotatable bonds is 4. The smallest absolute Gasteiger partial charge is 0.277 e. The third kappa shape index (κ3) is 2.75. The van der Waals surface area contributed by atoms with E-state index in [1.807, 2.05) is 31.2 Å². The highest BCUT2D eigenvalue weighted by Gasteiger charge is 2.11. The second-order valence-corrected chi connectivity index (χ2v) is 5.20. The van der Waals surface area contributed by atoms with Crippen LogP contribution < -0.4 is 15.0 Å². The van der Waals surface area contributed by atoms with E-state index in [0.29, 0.717) is 28.9 Å². The van der Waals surface area contributed by atoms with Crippen LogP contribution in [0.4, 0.5) is 0 Å². The maximum Gasteiger partial charge on any atom is 0.277 e. The number of ether oxygens (including phenoxy) is 2. The van der Waals surface area contributed by atoms with E-state index in [2.05, 4.69) is 10.3 Å². The van der Waals surface area contributed by atoms with Crippen molar-refractivity contribution in [2.45, 2.75) is 13.5 Å². The summed E-state index contributed by atoms with van der Waals surface area (Å²) < 4.78 is 12.0. The Bertz CT molecular complexity index is 919. The molecule has 0 saturated carbocycles. The van der Waals surface area contributed by atoms with Crippen LogP contribution in [0.25, 0.3) is 10.9 Å². The highest BCUT2D eigenvalue weighted by Crippen LogP contribution is 2.30. The molecule has 0 spiro atoms. The minimum atomic E-state index is -0.162. The van der Waals surface area contributed by atoms with E-state index in [9.17, 15) is 4.79 Å². The van der Waals surface area contributed by atoms with Crippen molar-refractivity contribution < 1.29 is 9.47 Å². The summed E-state index contributed by atoms with van der Waals surface area (Å²) in [5.41, 5.74) is 2.35. The number of benzene rings is 2. The first-order valence-electron chi connectivity index (χ1n) is 7.18. The maximum atomic E-state index is 12.5. The Labute approximate surface area is 133 Å². The standard InChI is InChI=1S/C17H17N3O3/c1-11-8-15(22-2)16(23-3)9-12(11)10-20-17(21)13-6-4-5-7-14(13)18-19-20/h4-9H,10H2,1-3H3. The van der Waals surface area contributed by atoms with E-state index in [4.69, 9.17) is 9.47 Å². The van der Waals surface area contributed by atoms with Crippen molar-refractivity contribution in [3.8, 4) is 11.5 Å². The topological polar surface area (TPSA) is 66.2 Å². The zero-order chi connectivity index (χ0) is 16.4. The Morgan fingerprint density at radius 1 is 1.09 bits per heavy atom. The highest BCUT2D eigenvalue weighted by molar-refractivity contribution is 5.76. The molecular formula is C17H17N3O3. The van der Waals surface area contributed by atoms with Crippen molar-refractivity contribution >= 4 is 10.9 Å². The quantitative estimate of drug-likeness (QED) is 0.739. The summed E-state index contributed by atoms with van der Waals surface area (Å²) >= 11 is 0. The van der Waals surface area contributed by atoms with Crippen LogP contribution in [0, 0.1) is 6.92 Å². The van der Waals surface area contributed by atoms with Crippen LogP contribution in [0.3, 0.4) is 0 Å². The maximum absolute atomic E-state index is 12.5. The second-order valence-electron chi connectivity index (χ2n) is 5.20. The van der Waals surface area contributed by atoms with E-state index < -0.39 is 0 Å². The molecule has 0 saturated heterocycles. The number of hydrogen-bond donors (Lipinski definition) is 0. The zero-order valence-corrected chi connectivity index (χ0v) is 13.2. The molecule has 23 heavy (non-hydrogen) atoms. The number of nitrogens with zero attached hydrogens (tertiary/aromatic N) is 3. The molecule has 0 radical (unpaired) electrons. The van der Waals surface area contributed by atoms with Crippen LogP contribution in [0.2, 0.25) is 0 Å². The SMILES string of the molecule is COc1cc(C)c(Cn2nnc3ccccc3c2=O)cc1OC. The first kappa shape index (κ1) is 15.0. The van der Waals surface area contributed by atoms with Crippen molar-refractivity contribution in [2.75, 3.05) is 14.2 Å². The summed E-state index contributed by atoms with van der Waals surface area (Å²) in [4.78, 5) is 12.5. The predicted octanol–water partition coefficient (Wildman–Crippen LogP) is 2.17. The Balaban J connectivity index is 2.06.